The fourth-order valence-corrected chi connectivity index (χ4v) is 6.94. The quantitative estimate of drug-likeness (QED) is 0.294. The molecule has 3 heterocycles. The van der Waals surface area contributed by atoms with Gasteiger partial charge in [0, 0.05) is 11.1 Å². The molecule has 3 N–H and O–H groups in total. The maximum Gasteiger partial charge on any atom is 0.348 e. The Morgan fingerprint density at radius 3 is 2.61 bits per heavy atom. The van der Waals surface area contributed by atoms with Gasteiger partial charge in [0.2, 0.25) is 0 Å². The number of methoxy groups -OCH3 is 1. The first kappa shape index (κ1) is 25.9. The molecular formula is C28H27N3O5S2. The van der Waals surface area contributed by atoms with Gasteiger partial charge in [0.1, 0.15) is 19.6 Å². The average molecular weight is 550 g/mol. The third kappa shape index (κ3) is 4.65. The molecule has 38 heavy (non-hydrogen) atoms. The predicted octanol–water partition coefficient (Wildman–Crippen LogP) is 5.74. The Labute approximate surface area is 227 Å². The van der Waals surface area contributed by atoms with E-state index in [1.807, 2.05) is 6.07 Å². The number of anilines is 2. The second-order valence-corrected chi connectivity index (χ2v) is 11.1. The zero-order valence-electron chi connectivity index (χ0n) is 21.3. The summed E-state index contributed by atoms with van der Waals surface area (Å²) in [6, 6.07) is 12.5. The molecule has 10 heteroatoms. The van der Waals surface area contributed by atoms with E-state index in [1.54, 1.807) is 13.8 Å². The molecular weight excluding hydrogens is 522 g/mol. The average Bonchev–Trinajstić information content (AvgIpc) is 3.43. The lowest BCUT2D eigenvalue weighted by molar-refractivity contribution is 0.0531. The molecule has 0 spiro atoms. The largest absolute Gasteiger partial charge is 0.465 e. The first-order valence-electron chi connectivity index (χ1n) is 12.3. The Kier molecular flexibility index (Phi) is 7.18. The molecule has 1 aliphatic rings. The number of fused-ring (bicyclic) bond motifs is 2. The summed E-state index contributed by atoms with van der Waals surface area (Å²) >= 11 is 2.19. The number of nitrogen functional groups attached to an aromatic ring is 1. The SMILES string of the molecule is CCOC(=O)c1sc(NC(=O)c2sc3nc4c(cc3c2N)CC(c2ccccc2)CC4)c(C(=O)OC)c1C. The number of ether oxygens (including phenoxy) is 2. The van der Waals surface area contributed by atoms with Gasteiger partial charge in [0.15, 0.2) is 0 Å². The van der Waals surface area contributed by atoms with Crippen LogP contribution in [0.4, 0.5) is 10.7 Å². The van der Waals surface area contributed by atoms with Gasteiger partial charge in [-0.2, -0.15) is 0 Å². The lowest BCUT2D eigenvalue weighted by atomic mass is 9.82. The zero-order valence-corrected chi connectivity index (χ0v) is 22.9. The van der Waals surface area contributed by atoms with Crippen LogP contribution >= 0.6 is 22.7 Å². The summed E-state index contributed by atoms with van der Waals surface area (Å²) in [6.07, 6.45) is 2.74. The number of nitrogens with two attached hydrogens (primary N) is 1. The lowest BCUT2D eigenvalue weighted by Crippen LogP contribution is -2.14. The summed E-state index contributed by atoms with van der Waals surface area (Å²) in [5.41, 5.74) is 10.8. The van der Waals surface area contributed by atoms with Crippen molar-refractivity contribution in [1.82, 2.24) is 4.98 Å². The van der Waals surface area contributed by atoms with E-state index in [2.05, 4.69) is 35.6 Å². The molecule has 0 aliphatic heterocycles. The molecule has 196 valence electrons. The van der Waals surface area contributed by atoms with Crippen LogP contribution in [-0.2, 0) is 22.3 Å². The summed E-state index contributed by atoms with van der Waals surface area (Å²) < 4.78 is 10.0. The number of carbonyl (C=O) groups excluding carboxylic acids is 3. The molecule has 0 radical (unpaired) electrons. The third-order valence-corrected chi connectivity index (χ3v) is 9.09. The second kappa shape index (κ2) is 10.5. The minimum absolute atomic E-state index is 0.120. The minimum atomic E-state index is -0.656. The van der Waals surface area contributed by atoms with E-state index in [-0.39, 0.29) is 22.0 Å². The molecule has 0 saturated carbocycles. The van der Waals surface area contributed by atoms with E-state index in [0.717, 1.165) is 47.2 Å². The Bertz CT molecular complexity index is 1560. The number of esters is 2. The summed E-state index contributed by atoms with van der Waals surface area (Å²) in [5, 5.41) is 3.73. The van der Waals surface area contributed by atoms with Crippen LogP contribution in [0, 0.1) is 6.92 Å². The van der Waals surface area contributed by atoms with E-state index in [4.69, 9.17) is 20.2 Å². The van der Waals surface area contributed by atoms with Crippen LogP contribution in [0.3, 0.4) is 0 Å². The lowest BCUT2D eigenvalue weighted by Gasteiger charge is -2.24. The van der Waals surface area contributed by atoms with Crippen molar-refractivity contribution in [2.75, 3.05) is 24.8 Å². The van der Waals surface area contributed by atoms with Crippen molar-refractivity contribution in [1.29, 1.82) is 0 Å². The highest BCUT2D eigenvalue weighted by molar-refractivity contribution is 7.21. The van der Waals surface area contributed by atoms with Gasteiger partial charge in [0.25, 0.3) is 5.91 Å². The third-order valence-electron chi connectivity index (χ3n) is 6.79. The van der Waals surface area contributed by atoms with Gasteiger partial charge >= 0.3 is 11.9 Å². The number of nitrogens with one attached hydrogen (secondary N) is 1. The number of aryl methyl sites for hydroxylation is 1. The van der Waals surface area contributed by atoms with Crippen LogP contribution in [0.5, 0.6) is 0 Å². The molecule has 3 aromatic heterocycles. The summed E-state index contributed by atoms with van der Waals surface area (Å²) in [4.78, 5) is 44.4. The predicted molar refractivity (Wildman–Crippen MR) is 150 cm³/mol. The fourth-order valence-electron chi connectivity index (χ4n) is 4.87. The van der Waals surface area contributed by atoms with Gasteiger partial charge in [0.05, 0.1) is 25.0 Å². The highest BCUT2D eigenvalue weighted by Crippen LogP contribution is 2.40. The number of amides is 1. The molecule has 1 atom stereocenters. The van der Waals surface area contributed by atoms with Crippen molar-refractivity contribution in [3.8, 4) is 0 Å². The molecule has 1 amide bonds. The number of hydrogen-bond acceptors (Lipinski definition) is 9. The van der Waals surface area contributed by atoms with Crippen LogP contribution in [0.2, 0.25) is 0 Å². The van der Waals surface area contributed by atoms with Crippen LogP contribution in [0.15, 0.2) is 36.4 Å². The van der Waals surface area contributed by atoms with E-state index >= 15 is 0 Å². The maximum absolute atomic E-state index is 13.4. The number of thiophene rings is 2. The first-order chi connectivity index (χ1) is 18.3. The van der Waals surface area contributed by atoms with Gasteiger partial charge in [-0.3, -0.25) is 4.79 Å². The van der Waals surface area contributed by atoms with Gasteiger partial charge in [-0.05, 0) is 61.8 Å². The van der Waals surface area contributed by atoms with Gasteiger partial charge < -0.3 is 20.5 Å². The molecule has 1 aliphatic carbocycles. The molecule has 0 saturated heterocycles. The van der Waals surface area contributed by atoms with Gasteiger partial charge in [-0.1, -0.05) is 30.3 Å². The van der Waals surface area contributed by atoms with Crippen molar-refractivity contribution in [2.24, 2.45) is 0 Å². The summed E-state index contributed by atoms with van der Waals surface area (Å²) in [6.45, 7) is 3.51. The maximum atomic E-state index is 13.4. The Morgan fingerprint density at radius 2 is 1.89 bits per heavy atom. The Balaban J connectivity index is 1.46. The number of hydrogen-bond donors (Lipinski definition) is 2. The molecule has 1 unspecified atom stereocenters. The minimum Gasteiger partial charge on any atom is -0.465 e. The molecule has 1 aromatic carbocycles. The monoisotopic (exact) mass is 549 g/mol. The number of rotatable bonds is 6. The summed E-state index contributed by atoms with van der Waals surface area (Å²) in [5.74, 6) is -1.28. The molecule has 0 bridgehead atoms. The first-order valence-corrected chi connectivity index (χ1v) is 13.9. The van der Waals surface area contributed by atoms with E-state index < -0.39 is 17.8 Å². The Hall–Kier alpha value is -3.76. The van der Waals surface area contributed by atoms with Crippen molar-refractivity contribution in [3.63, 3.8) is 0 Å². The second-order valence-electron chi connectivity index (χ2n) is 9.07. The zero-order chi connectivity index (χ0) is 27.0. The van der Waals surface area contributed by atoms with E-state index in [9.17, 15) is 14.4 Å². The number of nitrogens with zero attached hydrogens (tertiary/aromatic N) is 1. The number of aromatic nitrogens is 1. The van der Waals surface area contributed by atoms with E-state index in [1.165, 1.54) is 24.0 Å². The van der Waals surface area contributed by atoms with Crippen LogP contribution in [0.25, 0.3) is 10.2 Å². The van der Waals surface area contributed by atoms with Crippen molar-refractivity contribution in [3.05, 3.63) is 74.1 Å². The van der Waals surface area contributed by atoms with Crippen molar-refractivity contribution in [2.45, 2.75) is 39.0 Å². The molecule has 4 aromatic rings. The van der Waals surface area contributed by atoms with Gasteiger partial charge in [-0.25, -0.2) is 14.6 Å². The van der Waals surface area contributed by atoms with Crippen molar-refractivity contribution < 1.29 is 23.9 Å². The van der Waals surface area contributed by atoms with Crippen LogP contribution in [0.1, 0.15) is 71.3 Å². The van der Waals surface area contributed by atoms with E-state index in [0.29, 0.717) is 26.9 Å². The number of benzene rings is 1. The topological polar surface area (TPSA) is 121 Å². The fraction of sp³-hybridized carbons (Fsp3) is 0.286. The number of pyridine rings is 1. The molecule has 0 fully saturated rings. The Morgan fingerprint density at radius 1 is 1.13 bits per heavy atom. The highest BCUT2D eigenvalue weighted by atomic mass is 32.1. The highest BCUT2D eigenvalue weighted by Gasteiger charge is 2.29. The normalized spacial score (nSPS) is 14.7. The molecule has 5 rings (SSSR count). The summed E-state index contributed by atoms with van der Waals surface area (Å²) in [7, 11) is 1.24. The van der Waals surface area contributed by atoms with Gasteiger partial charge in [-0.15, -0.1) is 22.7 Å². The molecule has 8 nitrogen and oxygen atoms in total. The number of carbonyl (C=O) groups is 3. The smallest absolute Gasteiger partial charge is 0.348 e. The van der Waals surface area contributed by atoms with Crippen LogP contribution < -0.4 is 11.1 Å². The van der Waals surface area contributed by atoms with Crippen LogP contribution in [-0.4, -0.2) is 36.5 Å². The van der Waals surface area contributed by atoms with Crippen molar-refractivity contribution >= 4 is 61.4 Å². The standard InChI is InChI=1S/C28H27N3O5S2/c1-4-36-28(34)22-14(2)20(27(33)35-3)26(37-22)31-24(32)23-21(29)18-13-17-12-16(15-8-6-5-7-9-15)10-11-19(17)30-25(18)38-23/h5-9,13,16H,4,10-12,29H2,1-3H3,(H,31,32).